The van der Waals surface area contributed by atoms with Gasteiger partial charge in [-0.25, -0.2) is 4.98 Å². The minimum Gasteiger partial charge on any atom is -0.384 e. The van der Waals surface area contributed by atoms with Gasteiger partial charge in [0.15, 0.2) is 0 Å². The molecule has 1 saturated heterocycles. The van der Waals surface area contributed by atoms with E-state index in [1.807, 2.05) is 12.1 Å². The molecule has 1 aliphatic rings. The van der Waals surface area contributed by atoms with E-state index < -0.39 is 5.60 Å². The van der Waals surface area contributed by atoms with Crippen LogP contribution in [-0.4, -0.2) is 33.1 Å². The first-order valence-corrected chi connectivity index (χ1v) is 9.70. The van der Waals surface area contributed by atoms with Crippen LogP contribution in [0.2, 0.25) is 0 Å². The second kappa shape index (κ2) is 6.52. The molecular weight excluding hydrogens is 386 g/mol. The van der Waals surface area contributed by atoms with Crippen molar-refractivity contribution in [1.29, 1.82) is 0 Å². The first kappa shape index (κ1) is 16.1. The average molecular weight is 404 g/mol. The number of hydrogen-bond donors (Lipinski definition) is 1. The molecule has 0 aliphatic carbocycles. The van der Waals surface area contributed by atoms with Gasteiger partial charge in [0.1, 0.15) is 10.2 Å². The Kier molecular flexibility index (Phi) is 4.39. The third-order valence-corrected chi connectivity index (χ3v) is 6.56. The van der Waals surface area contributed by atoms with Crippen LogP contribution in [0.25, 0.3) is 10.9 Å². The second-order valence-corrected chi connectivity index (χ2v) is 7.88. The van der Waals surface area contributed by atoms with Crippen molar-refractivity contribution in [3.8, 4) is 0 Å². The van der Waals surface area contributed by atoms with E-state index in [9.17, 15) is 5.11 Å². The number of nitrogens with zero attached hydrogens (tertiary/aromatic N) is 3. The van der Waals surface area contributed by atoms with E-state index in [4.69, 9.17) is 4.98 Å². The van der Waals surface area contributed by atoms with Gasteiger partial charge in [-0.3, -0.25) is 9.88 Å². The summed E-state index contributed by atoms with van der Waals surface area (Å²) in [6.07, 6.45) is 1.45. The Balaban J connectivity index is 1.45. The van der Waals surface area contributed by atoms with Crippen molar-refractivity contribution in [2.45, 2.75) is 25.0 Å². The number of thiazole rings is 1. The highest BCUT2D eigenvalue weighted by atomic mass is 79.9. The number of pyridine rings is 1. The lowest BCUT2D eigenvalue weighted by Crippen LogP contribution is -2.42. The summed E-state index contributed by atoms with van der Waals surface area (Å²) in [4.78, 5) is 12.3. The van der Waals surface area contributed by atoms with E-state index in [1.54, 1.807) is 5.51 Å². The molecule has 6 heteroatoms. The Morgan fingerprint density at radius 3 is 2.71 bits per heavy atom. The topological polar surface area (TPSA) is 49.3 Å². The lowest BCUT2D eigenvalue weighted by molar-refractivity contribution is -0.0257. The van der Waals surface area contributed by atoms with E-state index in [2.05, 4.69) is 50.1 Å². The SMILES string of the molecule is OC1(c2scnc2Br)CCN(Cc2ccc3ccccc3n2)CC1. The fraction of sp³-hybridized carbons (Fsp3) is 0.333. The van der Waals surface area contributed by atoms with Crippen LogP contribution in [0.3, 0.4) is 0 Å². The number of rotatable bonds is 3. The fourth-order valence-electron chi connectivity index (χ4n) is 3.27. The molecule has 0 spiro atoms. The van der Waals surface area contributed by atoms with Crippen LogP contribution in [0, 0.1) is 0 Å². The molecule has 3 heterocycles. The summed E-state index contributed by atoms with van der Waals surface area (Å²) in [5.74, 6) is 0. The van der Waals surface area contributed by atoms with Gasteiger partial charge in [-0.1, -0.05) is 24.3 Å². The molecule has 0 atom stereocenters. The van der Waals surface area contributed by atoms with Crippen LogP contribution >= 0.6 is 27.3 Å². The Labute approximate surface area is 153 Å². The van der Waals surface area contributed by atoms with E-state index >= 15 is 0 Å². The number of fused-ring (bicyclic) bond motifs is 1. The minimum absolute atomic E-state index is 0.724. The van der Waals surface area contributed by atoms with Crippen LogP contribution in [0.15, 0.2) is 46.5 Å². The second-order valence-electron chi connectivity index (χ2n) is 6.28. The third-order valence-electron chi connectivity index (χ3n) is 4.67. The third kappa shape index (κ3) is 3.11. The summed E-state index contributed by atoms with van der Waals surface area (Å²) in [5, 5.41) is 12.1. The van der Waals surface area contributed by atoms with Gasteiger partial charge in [0.25, 0.3) is 0 Å². The molecule has 0 unspecified atom stereocenters. The Morgan fingerprint density at radius 2 is 1.96 bits per heavy atom. The maximum Gasteiger partial charge on any atom is 0.123 e. The standard InChI is InChI=1S/C18H18BrN3OS/c19-17-16(24-12-20-17)18(23)7-9-22(10-8-18)11-14-6-5-13-3-1-2-4-15(13)21-14/h1-6,12,23H,7-11H2. The molecule has 0 saturated carbocycles. The van der Waals surface area contributed by atoms with Gasteiger partial charge < -0.3 is 5.11 Å². The van der Waals surface area contributed by atoms with Crippen molar-refractivity contribution in [2.24, 2.45) is 0 Å². The van der Waals surface area contributed by atoms with Crippen LogP contribution in [0.4, 0.5) is 0 Å². The summed E-state index contributed by atoms with van der Waals surface area (Å²) < 4.78 is 0.777. The Hall–Kier alpha value is -1.34. The van der Waals surface area contributed by atoms with Gasteiger partial charge in [-0.05, 0) is 40.9 Å². The summed E-state index contributed by atoms with van der Waals surface area (Å²) in [7, 11) is 0. The first-order valence-electron chi connectivity index (χ1n) is 8.03. The summed E-state index contributed by atoms with van der Waals surface area (Å²) >= 11 is 4.97. The van der Waals surface area contributed by atoms with Crippen molar-refractivity contribution in [1.82, 2.24) is 14.9 Å². The molecule has 1 aromatic carbocycles. The number of benzene rings is 1. The number of aliphatic hydroxyl groups is 1. The number of para-hydroxylation sites is 1. The maximum atomic E-state index is 10.9. The fourth-order valence-corrected chi connectivity index (χ4v) is 4.99. The van der Waals surface area contributed by atoms with Gasteiger partial charge in [-0.15, -0.1) is 11.3 Å². The number of piperidine rings is 1. The molecule has 1 aliphatic heterocycles. The monoisotopic (exact) mass is 403 g/mol. The molecule has 1 fully saturated rings. The maximum absolute atomic E-state index is 10.9. The molecule has 2 aromatic heterocycles. The van der Waals surface area contributed by atoms with Gasteiger partial charge >= 0.3 is 0 Å². The van der Waals surface area contributed by atoms with Crippen LogP contribution < -0.4 is 0 Å². The summed E-state index contributed by atoms with van der Waals surface area (Å²) in [6, 6.07) is 12.4. The lowest BCUT2D eigenvalue weighted by Gasteiger charge is -2.37. The highest BCUT2D eigenvalue weighted by Crippen LogP contribution is 2.39. The van der Waals surface area contributed by atoms with Crippen LogP contribution in [0.5, 0.6) is 0 Å². The largest absolute Gasteiger partial charge is 0.384 e. The molecular formula is C18H18BrN3OS. The number of hydrogen-bond acceptors (Lipinski definition) is 5. The highest BCUT2D eigenvalue weighted by molar-refractivity contribution is 9.10. The van der Waals surface area contributed by atoms with Crippen molar-refractivity contribution in [3.63, 3.8) is 0 Å². The zero-order valence-electron chi connectivity index (χ0n) is 13.2. The lowest BCUT2D eigenvalue weighted by atomic mass is 9.90. The summed E-state index contributed by atoms with van der Waals surface area (Å²) in [6.45, 7) is 2.54. The zero-order chi connectivity index (χ0) is 16.6. The van der Waals surface area contributed by atoms with Crippen molar-refractivity contribution < 1.29 is 5.11 Å². The van der Waals surface area contributed by atoms with Gasteiger partial charge in [0, 0.05) is 25.0 Å². The normalized spacial score (nSPS) is 18.1. The molecule has 4 rings (SSSR count). The molecule has 1 N–H and O–H groups in total. The minimum atomic E-state index is -0.757. The predicted octanol–water partition coefficient (Wildman–Crippen LogP) is 3.94. The smallest absolute Gasteiger partial charge is 0.123 e. The molecule has 24 heavy (non-hydrogen) atoms. The zero-order valence-corrected chi connectivity index (χ0v) is 15.6. The molecule has 0 radical (unpaired) electrons. The highest BCUT2D eigenvalue weighted by Gasteiger charge is 2.37. The molecule has 3 aromatic rings. The first-order chi connectivity index (χ1) is 11.6. The molecule has 4 nitrogen and oxygen atoms in total. The number of likely N-dealkylation sites (tertiary alicyclic amines) is 1. The van der Waals surface area contributed by atoms with Gasteiger partial charge in [0.2, 0.25) is 0 Å². The van der Waals surface area contributed by atoms with E-state index in [0.29, 0.717) is 0 Å². The number of halogens is 1. The quantitative estimate of drug-likeness (QED) is 0.719. The van der Waals surface area contributed by atoms with Crippen LogP contribution in [0.1, 0.15) is 23.4 Å². The molecule has 0 bridgehead atoms. The van der Waals surface area contributed by atoms with E-state index in [0.717, 1.165) is 53.2 Å². The molecule has 124 valence electrons. The van der Waals surface area contributed by atoms with E-state index in [1.165, 1.54) is 16.7 Å². The van der Waals surface area contributed by atoms with Gasteiger partial charge in [0.05, 0.1) is 21.6 Å². The summed E-state index contributed by atoms with van der Waals surface area (Å²) in [5.41, 5.74) is 3.14. The van der Waals surface area contributed by atoms with Crippen molar-refractivity contribution in [2.75, 3.05) is 13.1 Å². The number of aromatic nitrogens is 2. The Bertz CT molecular complexity index is 858. The average Bonchev–Trinajstić information content (AvgIpc) is 3.04. The van der Waals surface area contributed by atoms with Crippen molar-refractivity contribution in [3.05, 3.63) is 57.1 Å². The van der Waals surface area contributed by atoms with E-state index in [-0.39, 0.29) is 0 Å². The molecule has 0 amide bonds. The van der Waals surface area contributed by atoms with Crippen LogP contribution in [-0.2, 0) is 12.1 Å². The predicted molar refractivity (Wildman–Crippen MR) is 100.0 cm³/mol. The van der Waals surface area contributed by atoms with Crippen molar-refractivity contribution >= 4 is 38.2 Å². The van der Waals surface area contributed by atoms with Gasteiger partial charge in [-0.2, -0.15) is 0 Å². The Morgan fingerprint density at radius 1 is 1.17 bits per heavy atom.